The average molecular weight is 222 g/mol. The molecule has 2 rings (SSSR count). The molecule has 1 aliphatic carbocycles. The lowest BCUT2D eigenvalue weighted by Crippen LogP contribution is -2.26. The van der Waals surface area contributed by atoms with E-state index in [1.54, 1.807) is 0 Å². The molecule has 2 nitrogen and oxygen atoms in total. The zero-order valence-electron chi connectivity index (χ0n) is 9.36. The molecule has 0 saturated carbocycles. The summed E-state index contributed by atoms with van der Waals surface area (Å²) in [6, 6.07) is 4.71. The Morgan fingerprint density at radius 2 is 2.53 bits per heavy atom. The van der Waals surface area contributed by atoms with E-state index in [0.29, 0.717) is 11.3 Å². The maximum absolute atomic E-state index is 4.48. The maximum Gasteiger partial charge on any atom is 0.0605 e. The second-order valence-electron chi connectivity index (χ2n) is 4.09. The Kier molecular flexibility index (Phi) is 3.65. The number of pyridine rings is 1. The van der Waals surface area contributed by atoms with Crippen molar-refractivity contribution in [3.05, 3.63) is 29.6 Å². The monoisotopic (exact) mass is 222 g/mol. The summed E-state index contributed by atoms with van der Waals surface area (Å²) >= 11 is 1.91. The first kappa shape index (κ1) is 11.0. The molecule has 0 radical (unpaired) electrons. The lowest BCUT2D eigenvalue weighted by molar-refractivity contribution is 0.524. The first-order chi connectivity index (χ1) is 7.31. The molecule has 1 aromatic heterocycles. The van der Waals surface area contributed by atoms with Gasteiger partial charge in [0.1, 0.15) is 0 Å². The van der Waals surface area contributed by atoms with Crippen LogP contribution in [0.15, 0.2) is 18.3 Å². The Balaban J connectivity index is 1.96. The van der Waals surface area contributed by atoms with E-state index in [2.05, 4.69) is 29.5 Å². The van der Waals surface area contributed by atoms with Crippen LogP contribution in [-0.4, -0.2) is 23.0 Å². The third kappa shape index (κ3) is 2.52. The largest absolute Gasteiger partial charge is 0.308 e. The van der Waals surface area contributed by atoms with Crippen LogP contribution in [0.2, 0.25) is 0 Å². The van der Waals surface area contributed by atoms with Crippen LogP contribution in [0.1, 0.15) is 30.6 Å². The Hall–Kier alpha value is -0.540. The predicted octanol–water partition coefficient (Wildman–Crippen LogP) is 2.41. The zero-order chi connectivity index (χ0) is 10.7. The van der Waals surface area contributed by atoms with E-state index in [9.17, 15) is 0 Å². The molecule has 2 unspecified atom stereocenters. The zero-order valence-corrected chi connectivity index (χ0v) is 10.2. The van der Waals surface area contributed by atoms with Crippen molar-refractivity contribution in [3.8, 4) is 0 Å². The number of fused-ring (bicyclic) bond motifs is 1. The molecule has 0 bridgehead atoms. The normalized spacial score (nSPS) is 21.3. The van der Waals surface area contributed by atoms with Gasteiger partial charge in [0.2, 0.25) is 0 Å². The molecule has 0 fully saturated rings. The molecule has 0 saturated heterocycles. The minimum Gasteiger partial charge on any atom is -0.308 e. The van der Waals surface area contributed by atoms with E-state index < -0.39 is 0 Å². The molecule has 1 aliphatic rings. The molecule has 1 heterocycles. The molecule has 0 aromatic carbocycles. The summed E-state index contributed by atoms with van der Waals surface area (Å²) in [6.45, 7) is 3.33. The second-order valence-corrected chi connectivity index (χ2v) is 5.37. The Labute approximate surface area is 95.9 Å². The molecule has 1 N–H and O–H groups in total. The number of hydrogen-bond acceptors (Lipinski definition) is 3. The molecule has 0 amide bonds. The number of aryl methyl sites for hydroxylation is 1. The summed E-state index contributed by atoms with van der Waals surface area (Å²) in [7, 11) is 0. The van der Waals surface area contributed by atoms with Gasteiger partial charge >= 0.3 is 0 Å². The standard InChI is InChI=1S/C12H18N2S/c1-9(15-2)8-14-11-6-5-10-4-3-7-13-12(10)11/h3-4,7,9,11,14H,5-6,8H2,1-2H3. The first-order valence-corrected chi connectivity index (χ1v) is 6.80. The quantitative estimate of drug-likeness (QED) is 0.847. The summed E-state index contributed by atoms with van der Waals surface area (Å²) in [6.07, 6.45) is 6.44. The molecule has 1 aromatic rings. The van der Waals surface area contributed by atoms with Crippen molar-refractivity contribution in [1.82, 2.24) is 10.3 Å². The van der Waals surface area contributed by atoms with Gasteiger partial charge in [-0.3, -0.25) is 4.98 Å². The van der Waals surface area contributed by atoms with Gasteiger partial charge in [-0.1, -0.05) is 13.0 Å². The maximum atomic E-state index is 4.48. The SMILES string of the molecule is CSC(C)CNC1CCc2cccnc21. The number of rotatable bonds is 4. The molecular weight excluding hydrogens is 204 g/mol. The van der Waals surface area contributed by atoms with Crippen LogP contribution in [0.4, 0.5) is 0 Å². The van der Waals surface area contributed by atoms with E-state index in [0.717, 1.165) is 6.54 Å². The van der Waals surface area contributed by atoms with Gasteiger partial charge < -0.3 is 5.32 Å². The third-order valence-electron chi connectivity index (χ3n) is 3.01. The minimum absolute atomic E-state index is 0.482. The summed E-state index contributed by atoms with van der Waals surface area (Å²) in [4.78, 5) is 4.48. The van der Waals surface area contributed by atoms with Gasteiger partial charge in [-0.05, 0) is 30.7 Å². The lowest BCUT2D eigenvalue weighted by Gasteiger charge is -2.15. The molecular formula is C12H18N2S. The third-order valence-corrected chi connectivity index (χ3v) is 3.98. The summed E-state index contributed by atoms with van der Waals surface area (Å²) < 4.78 is 0. The van der Waals surface area contributed by atoms with Crippen molar-refractivity contribution < 1.29 is 0 Å². The van der Waals surface area contributed by atoms with Gasteiger partial charge in [0.05, 0.1) is 11.7 Å². The van der Waals surface area contributed by atoms with Crippen molar-refractivity contribution in [2.45, 2.75) is 31.1 Å². The summed E-state index contributed by atoms with van der Waals surface area (Å²) in [5.74, 6) is 0. The van der Waals surface area contributed by atoms with Gasteiger partial charge in [-0.25, -0.2) is 0 Å². The van der Waals surface area contributed by atoms with Crippen molar-refractivity contribution >= 4 is 11.8 Å². The number of hydrogen-bond donors (Lipinski definition) is 1. The number of aromatic nitrogens is 1. The van der Waals surface area contributed by atoms with E-state index in [1.807, 2.05) is 24.0 Å². The second kappa shape index (κ2) is 4.99. The fraction of sp³-hybridized carbons (Fsp3) is 0.583. The van der Waals surface area contributed by atoms with Crippen molar-refractivity contribution in [2.24, 2.45) is 0 Å². The summed E-state index contributed by atoms with van der Waals surface area (Å²) in [5, 5.41) is 4.28. The van der Waals surface area contributed by atoms with Gasteiger partial charge in [0, 0.05) is 18.0 Å². The van der Waals surface area contributed by atoms with Gasteiger partial charge in [-0.15, -0.1) is 0 Å². The highest BCUT2D eigenvalue weighted by Crippen LogP contribution is 2.28. The molecule has 15 heavy (non-hydrogen) atoms. The highest BCUT2D eigenvalue weighted by molar-refractivity contribution is 7.99. The molecule has 2 atom stereocenters. The van der Waals surface area contributed by atoms with Crippen LogP contribution in [0.5, 0.6) is 0 Å². The number of thioether (sulfide) groups is 1. The fourth-order valence-corrected chi connectivity index (χ4v) is 2.27. The smallest absolute Gasteiger partial charge is 0.0605 e. The van der Waals surface area contributed by atoms with Crippen LogP contribution in [-0.2, 0) is 6.42 Å². The van der Waals surface area contributed by atoms with Crippen LogP contribution in [0, 0.1) is 0 Å². The van der Waals surface area contributed by atoms with Crippen molar-refractivity contribution in [2.75, 3.05) is 12.8 Å². The van der Waals surface area contributed by atoms with Crippen LogP contribution >= 0.6 is 11.8 Å². The van der Waals surface area contributed by atoms with E-state index in [1.165, 1.54) is 24.1 Å². The number of nitrogens with zero attached hydrogens (tertiary/aromatic N) is 1. The fourth-order valence-electron chi connectivity index (χ4n) is 2.00. The van der Waals surface area contributed by atoms with Gasteiger partial charge in [0.15, 0.2) is 0 Å². The molecule has 0 spiro atoms. The average Bonchev–Trinajstić information content (AvgIpc) is 2.69. The molecule has 0 aliphatic heterocycles. The highest BCUT2D eigenvalue weighted by Gasteiger charge is 2.22. The van der Waals surface area contributed by atoms with Crippen LogP contribution in [0.3, 0.4) is 0 Å². The topological polar surface area (TPSA) is 24.9 Å². The van der Waals surface area contributed by atoms with Gasteiger partial charge in [-0.2, -0.15) is 11.8 Å². The summed E-state index contributed by atoms with van der Waals surface area (Å²) in [5.41, 5.74) is 2.69. The Bertz CT molecular complexity index is 327. The van der Waals surface area contributed by atoms with Crippen molar-refractivity contribution in [1.29, 1.82) is 0 Å². The Morgan fingerprint density at radius 3 is 3.33 bits per heavy atom. The first-order valence-electron chi connectivity index (χ1n) is 5.51. The van der Waals surface area contributed by atoms with Crippen LogP contribution < -0.4 is 5.32 Å². The van der Waals surface area contributed by atoms with Crippen LogP contribution in [0.25, 0.3) is 0 Å². The van der Waals surface area contributed by atoms with Crippen molar-refractivity contribution in [3.63, 3.8) is 0 Å². The van der Waals surface area contributed by atoms with E-state index in [4.69, 9.17) is 0 Å². The minimum atomic E-state index is 0.482. The highest BCUT2D eigenvalue weighted by atomic mass is 32.2. The van der Waals surface area contributed by atoms with E-state index >= 15 is 0 Å². The lowest BCUT2D eigenvalue weighted by atomic mass is 10.2. The van der Waals surface area contributed by atoms with E-state index in [-0.39, 0.29) is 0 Å². The molecule has 82 valence electrons. The molecule has 3 heteroatoms. The Morgan fingerprint density at radius 1 is 1.67 bits per heavy atom. The van der Waals surface area contributed by atoms with Gasteiger partial charge in [0.25, 0.3) is 0 Å². The number of nitrogens with one attached hydrogen (secondary N) is 1. The predicted molar refractivity (Wildman–Crippen MR) is 66.3 cm³/mol.